The molecule has 1 N–H and O–H groups in total. The molecule has 1 heterocycles. The average Bonchev–Trinajstić information content (AvgIpc) is 2.89. The number of aryl methyl sites for hydroxylation is 1. The largest absolute Gasteiger partial charge is 0.392 e. The lowest BCUT2D eigenvalue weighted by atomic mass is 9.90. The van der Waals surface area contributed by atoms with E-state index in [-0.39, 0.29) is 6.10 Å². The normalized spacial score (nSPS) is 26.3. The topological polar surface area (TPSA) is 38.0 Å². The van der Waals surface area contributed by atoms with Crippen molar-refractivity contribution >= 4 is 0 Å². The van der Waals surface area contributed by atoms with Gasteiger partial charge in [0.15, 0.2) is 0 Å². The highest BCUT2D eigenvalue weighted by atomic mass is 16.3. The van der Waals surface area contributed by atoms with Crippen LogP contribution in [0.4, 0.5) is 0 Å². The Bertz CT molecular complexity index is 348. The summed E-state index contributed by atoms with van der Waals surface area (Å²) >= 11 is 0. The molecule has 17 heavy (non-hydrogen) atoms. The van der Waals surface area contributed by atoms with Gasteiger partial charge in [0, 0.05) is 25.4 Å². The van der Waals surface area contributed by atoms with E-state index in [9.17, 15) is 5.11 Å². The second-order valence-corrected chi connectivity index (χ2v) is 5.38. The van der Waals surface area contributed by atoms with Crippen LogP contribution in [-0.2, 0) is 13.0 Å². The fourth-order valence-corrected chi connectivity index (χ4v) is 3.06. The highest BCUT2D eigenvalue weighted by Gasteiger charge is 2.30. The molecule has 1 aromatic heterocycles. The molecule has 3 atom stereocenters. The summed E-state index contributed by atoms with van der Waals surface area (Å²) < 4.78 is 2.17. The lowest BCUT2D eigenvalue weighted by Gasteiger charge is -2.22. The first kappa shape index (κ1) is 12.6. The van der Waals surface area contributed by atoms with Crippen molar-refractivity contribution in [1.82, 2.24) is 9.55 Å². The second-order valence-electron chi connectivity index (χ2n) is 5.38. The molecule has 3 nitrogen and oxygen atoms in total. The number of rotatable bonds is 5. The van der Waals surface area contributed by atoms with Crippen molar-refractivity contribution in [2.45, 2.75) is 58.6 Å². The van der Waals surface area contributed by atoms with Crippen molar-refractivity contribution in [1.29, 1.82) is 0 Å². The second kappa shape index (κ2) is 5.67. The number of imidazole rings is 1. The SMILES string of the molecule is CCCn1ccnc1CC(O)C1CCCC1C. The molecule has 1 fully saturated rings. The van der Waals surface area contributed by atoms with E-state index in [1.807, 2.05) is 12.4 Å². The first-order valence-corrected chi connectivity index (χ1v) is 6.90. The van der Waals surface area contributed by atoms with Gasteiger partial charge in [-0.3, -0.25) is 0 Å². The number of aliphatic hydroxyl groups is 1. The Kier molecular flexibility index (Phi) is 4.21. The molecule has 0 amide bonds. The predicted octanol–water partition coefficient (Wildman–Crippen LogP) is 2.63. The van der Waals surface area contributed by atoms with Crippen LogP contribution in [0.25, 0.3) is 0 Å². The monoisotopic (exact) mass is 236 g/mol. The molecule has 1 saturated carbocycles. The van der Waals surface area contributed by atoms with Crippen LogP contribution in [0.5, 0.6) is 0 Å². The predicted molar refractivity (Wildman–Crippen MR) is 68.7 cm³/mol. The van der Waals surface area contributed by atoms with Gasteiger partial charge in [-0.1, -0.05) is 26.7 Å². The van der Waals surface area contributed by atoms with E-state index in [1.165, 1.54) is 19.3 Å². The Balaban J connectivity index is 1.97. The molecule has 1 aliphatic carbocycles. The van der Waals surface area contributed by atoms with Crippen LogP contribution >= 0.6 is 0 Å². The van der Waals surface area contributed by atoms with E-state index in [4.69, 9.17) is 0 Å². The van der Waals surface area contributed by atoms with Crippen molar-refractivity contribution in [2.24, 2.45) is 11.8 Å². The minimum atomic E-state index is -0.217. The Morgan fingerprint density at radius 3 is 3.00 bits per heavy atom. The zero-order valence-corrected chi connectivity index (χ0v) is 11.0. The summed E-state index contributed by atoms with van der Waals surface area (Å²) in [5, 5.41) is 10.3. The van der Waals surface area contributed by atoms with Gasteiger partial charge in [0.2, 0.25) is 0 Å². The number of aliphatic hydroxyl groups excluding tert-OH is 1. The van der Waals surface area contributed by atoms with E-state index >= 15 is 0 Å². The summed E-state index contributed by atoms with van der Waals surface area (Å²) in [6.45, 7) is 5.43. The summed E-state index contributed by atoms with van der Waals surface area (Å²) in [6.07, 6.45) is 9.18. The van der Waals surface area contributed by atoms with Crippen molar-refractivity contribution in [3.05, 3.63) is 18.2 Å². The molecule has 0 aliphatic heterocycles. The minimum Gasteiger partial charge on any atom is -0.392 e. The average molecular weight is 236 g/mol. The van der Waals surface area contributed by atoms with Crippen LogP contribution < -0.4 is 0 Å². The van der Waals surface area contributed by atoms with Crippen molar-refractivity contribution < 1.29 is 5.11 Å². The first-order chi connectivity index (χ1) is 8.22. The third-order valence-corrected chi connectivity index (χ3v) is 4.08. The lowest BCUT2D eigenvalue weighted by molar-refractivity contribution is 0.0875. The van der Waals surface area contributed by atoms with Crippen molar-refractivity contribution in [3.63, 3.8) is 0 Å². The summed E-state index contributed by atoms with van der Waals surface area (Å²) in [7, 11) is 0. The van der Waals surface area contributed by atoms with Gasteiger partial charge in [-0.05, 0) is 24.7 Å². The fraction of sp³-hybridized carbons (Fsp3) is 0.786. The van der Waals surface area contributed by atoms with E-state index in [0.717, 1.165) is 18.8 Å². The molecule has 0 spiro atoms. The van der Waals surface area contributed by atoms with E-state index in [0.29, 0.717) is 18.3 Å². The quantitative estimate of drug-likeness (QED) is 0.853. The smallest absolute Gasteiger partial charge is 0.111 e. The van der Waals surface area contributed by atoms with Crippen LogP contribution in [0.15, 0.2) is 12.4 Å². The molecule has 0 aromatic carbocycles. The van der Waals surface area contributed by atoms with Gasteiger partial charge in [0.05, 0.1) is 6.10 Å². The molecule has 0 radical (unpaired) electrons. The van der Waals surface area contributed by atoms with Crippen LogP contribution in [0.3, 0.4) is 0 Å². The molecule has 3 heteroatoms. The third-order valence-electron chi connectivity index (χ3n) is 4.08. The number of hydrogen-bond acceptors (Lipinski definition) is 2. The molecular weight excluding hydrogens is 212 g/mol. The molecule has 0 saturated heterocycles. The van der Waals surface area contributed by atoms with E-state index < -0.39 is 0 Å². The molecule has 1 aliphatic rings. The van der Waals surface area contributed by atoms with Gasteiger partial charge in [-0.25, -0.2) is 4.98 Å². The maximum absolute atomic E-state index is 10.3. The molecular formula is C14H24N2O. The van der Waals surface area contributed by atoms with Gasteiger partial charge >= 0.3 is 0 Å². The van der Waals surface area contributed by atoms with Gasteiger partial charge in [0.25, 0.3) is 0 Å². The Hall–Kier alpha value is -0.830. The molecule has 3 unspecified atom stereocenters. The zero-order chi connectivity index (χ0) is 12.3. The van der Waals surface area contributed by atoms with Crippen LogP contribution in [-0.4, -0.2) is 20.8 Å². The summed E-state index contributed by atoms with van der Waals surface area (Å²) in [5.74, 6) is 2.18. The van der Waals surface area contributed by atoms with Gasteiger partial charge in [-0.15, -0.1) is 0 Å². The van der Waals surface area contributed by atoms with Crippen LogP contribution in [0, 0.1) is 11.8 Å². The van der Waals surface area contributed by atoms with Gasteiger partial charge in [-0.2, -0.15) is 0 Å². The Morgan fingerprint density at radius 1 is 1.53 bits per heavy atom. The highest BCUT2D eigenvalue weighted by molar-refractivity contribution is 4.96. The first-order valence-electron chi connectivity index (χ1n) is 6.90. The van der Waals surface area contributed by atoms with E-state index in [2.05, 4.69) is 23.4 Å². The van der Waals surface area contributed by atoms with E-state index in [1.54, 1.807) is 0 Å². The van der Waals surface area contributed by atoms with Gasteiger partial charge < -0.3 is 9.67 Å². The Labute approximate surface area is 104 Å². The highest BCUT2D eigenvalue weighted by Crippen LogP contribution is 2.34. The minimum absolute atomic E-state index is 0.217. The van der Waals surface area contributed by atoms with Crippen molar-refractivity contribution in [3.8, 4) is 0 Å². The van der Waals surface area contributed by atoms with Crippen LogP contribution in [0.1, 0.15) is 45.4 Å². The molecule has 0 bridgehead atoms. The lowest BCUT2D eigenvalue weighted by Crippen LogP contribution is -2.26. The summed E-state index contributed by atoms with van der Waals surface area (Å²) in [4.78, 5) is 4.37. The maximum Gasteiger partial charge on any atom is 0.111 e. The number of nitrogens with zero attached hydrogens (tertiary/aromatic N) is 2. The third kappa shape index (κ3) is 2.89. The van der Waals surface area contributed by atoms with Gasteiger partial charge in [0.1, 0.15) is 5.82 Å². The zero-order valence-electron chi connectivity index (χ0n) is 11.0. The van der Waals surface area contributed by atoms with Crippen LogP contribution in [0.2, 0.25) is 0 Å². The fourth-order valence-electron chi connectivity index (χ4n) is 3.06. The molecule has 1 aromatic rings. The molecule has 96 valence electrons. The standard InChI is InChI=1S/C14H24N2O/c1-3-8-16-9-7-15-14(16)10-13(17)12-6-4-5-11(12)2/h7,9,11-13,17H,3-6,8,10H2,1-2H3. The maximum atomic E-state index is 10.3. The summed E-state index contributed by atoms with van der Waals surface area (Å²) in [5.41, 5.74) is 0. The Morgan fingerprint density at radius 2 is 2.35 bits per heavy atom. The molecule has 2 rings (SSSR count). The number of aromatic nitrogens is 2. The number of hydrogen-bond donors (Lipinski definition) is 1. The summed E-state index contributed by atoms with van der Waals surface area (Å²) in [6, 6.07) is 0. The van der Waals surface area contributed by atoms with Crippen molar-refractivity contribution in [2.75, 3.05) is 0 Å².